The molecule has 5 nitrogen and oxygen atoms in total. The van der Waals surface area contributed by atoms with E-state index in [0.29, 0.717) is 16.5 Å². The highest BCUT2D eigenvalue weighted by atomic mass is 32.1. The van der Waals surface area contributed by atoms with E-state index in [1.807, 2.05) is 31.2 Å². The van der Waals surface area contributed by atoms with Crippen LogP contribution in [0.2, 0.25) is 0 Å². The standard InChI is InChI=1S/C20H21N3O2S/c1-3-12-7-8-15-13(9-12)10-16(26-15)19(24)23-22-18-14-6-4-5-11(2)17(14)21-20(18)25/h4-6,10,12,21,25H,3,7-9H2,1-2H3/t12-/m0/s1. The Labute approximate surface area is 155 Å². The fourth-order valence-corrected chi connectivity index (χ4v) is 4.72. The lowest BCUT2D eigenvalue weighted by molar-refractivity contribution is 0.0999. The number of nitrogens with zero attached hydrogens (tertiary/aromatic N) is 2. The molecule has 0 aliphatic heterocycles. The van der Waals surface area contributed by atoms with Crippen LogP contribution < -0.4 is 0 Å². The minimum absolute atomic E-state index is 0.0675. The molecule has 2 N–H and O–H groups in total. The zero-order valence-electron chi connectivity index (χ0n) is 14.9. The molecular formula is C20H21N3O2S. The van der Waals surface area contributed by atoms with Crippen LogP contribution in [0.4, 0.5) is 5.69 Å². The molecule has 134 valence electrons. The highest BCUT2D eigenvalue weighted by molar-refractivity contribution is 7.14. The maximum Gasteiger partial charge on any atom is 0.305 e. The number of nitrogens with one attached hydrogen (secondary N) is 1. The number of amides is 1. The van der Waals surface area contributed by atoms with Gasteiger partial charge < -0.3 is 10.1 Å². The molecule has 1 aliphatic carbocycles. The van der Waals surface area contributed by atoms with Crippen LogP contribution in [0.1, 0.15) is 45.4 Å². The number of aryl methyl sites for hydroxylation is 2. The summed E-state index contributed by atoms with van der Waals surface area (Å²) < 4.78 is 0. The van der Waals surface area contributed by atoms with Crippen molar-refractivity contribution in [1.82, 2.24) is 4.98 Å². The van der Waals surface area contributed by atoms with E-state index < -0.39 is 0 Å². The molecule has 1 amide bonds. The normalized spacial score (nSPS) is 17.1. The summed E-state index contributed by atoms with van der Waals surface area (Å²) >= 11 is 1.53. The number of hydrogen-bond donors (Lipinski definition) is 2. The number of azo groups is 1. The summed E-state index contributed by atoms with van der Waals surface area (Å²) in [5.41, 5.74) is 3.41. The molecule has 3 aromatic rings. The van der Waals surface area contributed by atoms with Gasteiger partial charge in [0.15, 0.2) is 5.69 Å². The van der Waals surface area contributed by atoms with Gasteiger partial charge in [0.25, 0.3) is 0 Å². The summed E-state index contributed by atoms with van der Waals surface area (Å²) in [7, 11) is 0. The van der Waals surface area contributed by atoms with Gasteiger partial charge in [0.2, 0.25) is 5.88 Å². The molecule has 0 unspecified atom stereocenters. The molecule has 2 aromatic heterocycles. The van der Waals surface area contributed by atoms with Crippen molar-refractivity contribution in [3.63, 3.8) is 0 Å². The number of carbonyl (C=O) groups is 1. The maximum absolute atomic E-state index is 12.5. The van der Waals surface area contributed by atoms with E-state index in [-0.39, 0.29) is 11.8 Å². The van der Waals surface area contributed by atoms with Crippen LogP contribution in [-0.4, -0.2) is 16.0 Å². The first-order chi connectivity index (χ1) is 12.6. The first kappa shape index (κ1) is 17.0. The Morgan fingerprint density at radius 1 is 1.42 bits per heavy atom. The van der Waals surface area contributed by atoms with Crippen LogP contribution in [0.15, 0.2) is 34.5 Å². The molecule has 0 spiro atoms. The van der Waals surface area contributed by atoms with Crippen molar-refractivity contribution in [3.05, 3.63) is 45.1 Å². The van der Waals surface area contributed by atoms with Crippen molar-refractivity contribution >= 4 is 33.8 Å². The molecule has 1 aliphatic rings. The van der Waals surface area contributed by atoms with E-state index >= 15 is 0 Å². The van der Waals surface area contributed by atoms with Crippen molar-refractivity contribution < 1.29 is 9.90 Å². The fourth-order valence-electron chi connectivity index (χ4n) is 3.64. The first-order valence-electron chi connectivity index (χ1n) is 8.94. The first-order valence-corrected chi connectivity index (χ1v) is 9.76. The lowest BCUT2D eigenvalue weighted by Gasteiger charge is -2.19. The number of aromatic nitrogens is 1. The van der Waals surface area contributed by atoms with Crippen molar-refractivity contribution in [1.29, 1.82) is 0 Å². The summed E-state index contributed by atoms with van der Waals surface area (Å²) in [5.74, 6) is 0.300. The Balaban J connectivity index is 1.60. The molecule has 4 rings (SSSR count). The number of para-hydroxylation sites is 1. The summed E-state index contributed by atoms with van der Waals surface area (Å²) in [6.45, 7) is 4.17. The van der Waals surface area contributed by atoms with Crippen molar-refractivity contribution in [2.24, 2.45) is 16.1 Å². The Morgan fingerprint density at radius 3 is 3.08 bits per heavy atom. The lowest BCUT2D eigenvalue weighted by Crippen LogP contribution is -2.10. The lowest BCUT2D eigenvalue weighted by atomic mass is 9.87. The van der Waals surface area contributed by atoms with Gasteiger partial charge in [-0.25, -0.2) is 0 Å². The number of benzene rings is 1. The molecule has 0 radical (unpaired) electrons. The van der Waals surface area contributed by atoms with Crippen LogP contribution in [0.3, 0.4) is 0 Å². The largest absolute Gasteiger partial charge is 0.493 e. The molecule has 1 aromatic carbocycles. The average Bonchev–Trinajstić information content (AvgIpc) is 3.20. The second-order valence-electron chi connectivity index (χ2n) is 6.90. The second kappa shape index (κ2) is 6.68. The summed E-state index contributed by atoms with van der Waals surface area (Å²) in [5, 5.41) is 18.8. The van der Waals surface area contributed by atoms with E-state index in [0.717, 1.165) is 29.3 Å². The molecule has 26 heavy (non-hydrogen) atoms. The quantitative estimate of drug-likeness (QED) is 0.584. The SMILES string of the molecule is CC[C@H]1CCc2sc(C(=O)N=Nc3c(O)[nH]c4c(C)cccc34)cc2C1. The van der Waals surface area contributed by atoms with E-state index in [1.54, 1.807) is 0 Å². The monoisotopic (exact) mass is 367 g/mol. The van der Waals surface area contributed by atoms with Gasteiger partial charge in [-0.1, -0.05) is 31.5 Å². The molecule has 0 bridgehead atoms. The van der Waals surface area contributed by atoms with Crippen molar-refractivity contribution in [2.45, 2.75) is 39.5 Å². The number of hydrogen-bond acceptors (Lipinski definition) is 4. The van der Waals surface area contributed by atoms with Gasteiger partial charge in [-0.3, -0.25) is 4.79 Å². The van der Waals surface area contributed by atoms with Gasteiger partial charge in [-0.2, -0.15) is 0 Å². The van der Waals surface area contributed by atoms with Gasteiger partial charge in [-0.05, 0) is 49.3 Å². The minimum atomic E-state index is -0.348. The average molecular weight is 367 g/mol. The topological polar surface area (TPSA) is 77.8 Å². The summed E-state index contributed by atoms with van der Waals surface area (Å²) in [6, 6.07) is 7.67. The summed E-state index contributed by atoms with van der Waals surface area (Å²) in [6.07, 6.45) is 4.47. The molecule has 0 fully saturated rings. The van der Waals surface area contributed by atoms with Crippen LogP contribution in [0, 0.1) is 12.8 Å². The third kappa shape index (κ3) is 2.94. The number of thiophene rings is 1. The maximum atomic E-state index is 12.5. The van der Waals surface area contributed by atoms with Crippen LogP contribution >= 0.6 is 11.3 Å². The molecule has 0 saturated heterocycles. The predicted molar refractivity (Wildman–Crippen MR) is 104 cm³/mol. The van der Waals surface area contributed by atoms with Gasteiger partial charge in [0.05, 0.1) is 10.4 Å². The fraction of sp³-hybridized carbons (Fsp3) is 0.350. The second-order valence-corrected chi connectivity index (χ2v) is 8.04. The summed E-state index contributed by atoms with van der Waals surface area (Å²) in [4.78, 5) is 17.3. The van der Waals surface area contributed by atoms with Crippen LogP contribution in [-0.2, 0) is 12.8 Å². The Morgan fingerprint density at radius 2 is 2.27 bits per heavy atom. The number of carbonyl (C=O) groups excluding carboxylic acids is 1. The smallest absolute Gasteiger partial charge is 0.305 e. The number of aromatic amines is 1. The van der Waals surface area contributed by atoms with Gasteiger partial charge in [-0.15, -0.1) is 21.6 Å². The van der Waals surface area contributed by atoms with Gasteiger partial charge >= 0.3 is 5.91 Å². The van der Waals surface area contributed by atoms with Gasteiger partial charge in [0, 0.05) is 10.3 Å². The van der Waals surface area contributed by atoms with E-state index in [1.165, 1.54) is 34.6 Å². The zero-order chi connectivity index (χ0) is 18.3. The van der Waals surface area contributed by atoms with Crippen LogP contribution in [0.5, 0.6) is 5.88 Å². The molecule has 0 saturated carbocycles. The van der Waals surface area contributed by atoms with E-state index in [2.05, 4.69) is 22.1 Å². The molecule has 1 atom stereocenters. The zero-order valence-corrected chi connectivity index (χ0v) is 15.7. The molecule has 2 heterocycles. The van der Waals surface area contributed by atoms with Gasteiger partial charge in [0.1, 0.15) is 0 Å². The molecular weight excluding hydrogens is 346 g/mol. The Hall–Kier alpha value is -2.47. The predicted octanol–water partition coefficient (Wildman–Crippen LogP) is 5.68. The third-order valence-corrected chi connectivity index (χ3v) is 6.43. The Bertz CT molecular complexity index is 1020. The number of rotatable bonds is 3. The Kier molecular flexibility index (Phi) is 4.36. The van der Waals surface area contributed by atoms with Crippen LogP contribution in [0.25, 0.3) is 10.9 Å². The van der Waals surface area contributed by atoms with E-state index in [4.69, 9.17) is 0 Å². The third-order valence-electron chi connectivity index (χ3n) is 5.21. The number of fused-ring (bicyclic) bond motifs is 2. The minimum Gasteiger partial charge on any atom is -0.493 e. The molecule has 6 heteroatoms. The highest BCUT2D eigenvalue weighted by Gasteiger charge is 2.22. The van der Waals surface area contributed by atoms with Crippen molar-refractivity contribution in [2.75, 3.05) is 0 Å². The highest BCUT2D eigenvalue weighted by Crippen LogP contribution is 2.37. The van der Waals surface area contributed by atoms with Crippen molar-refractivity contribution in [3.8, 4) is 5.88 Å². The van der Waals surface area contributed by atoms with E-state index in [9.17, 15) is 9.90 Å². The number of H-pyrrole nitrogens is 1. The number of aromatic hydroxyl groups is 1.